The number of H-pyrrole nitrogens is 1. The van der Waals surface area contributed by atoms with Gasteiger partial charge < -0.3 is 15.2 Å². The molecule has 2 rings (SSSR count). The summed E-state index contributed by atoms with van der Waals surface area (Å²) in [6.45, 7) is 16.7. The number of hydrogen-bond acceptors (Lipinski definition) is 4. The van der Waals surface area contributed by atoms with Gasteiger partial charge in [0.25, 0.3) is 0 Å². The van der Waals surface area contributed by atoms with Gasteiger partial charge in [-0.1, -0.05) is 20.4 Å². The molecule has 2 N–H and O–H groups in total. The number of aromatic amines is 1. The van der Waals surface area contributed by atoms with E-state index in [1.54, 1.807) is 6.20 Å². The van der Waals surface area contributed by atoms with Gasteiger partial charge in [-0.05, 0) is 13.6 Å². The number of carbonyl (C=O) groups excluding carboxylic acids is 1. The van der Waals surface area contributed by atoms with E-state index in [0.29, 0.717) is 17.1 Å². The highest BCUT2D eigenvalue weighted by atomic mass is 16.1. The van der Waals surface area contributed by atoms with E-state index in [9.17, 15) is 4.79 Å². The standard InChI is InChI=1S/C13H18N4O.C2H6/c1-9-11(8-16-13(9)14-3)12(18)10(2)17-6-4-15-5-7-17;1-2/h8,15-16H,2-7H2,1H3;1-2H3. The van der Waals surface area contributed by atoms with Crippen LogP contribution in [0.1, 0.15) is 29.8 Å². The zero-order chi connectivity index (χ0) is 15.1. The van der Waals surface area contributed by atoms with E-state index < -0.39 is 0 Å². The van der Waals surface area contributed by atoms with Crippen molar-refractivity contribution in [3.8, 4) is 0 Å². The maximum atomic E-state index is 12.4. The maximum Gasteiger partial charge on any atom is 0.210 e. The number of Topliss-reactive ketones (excluding diaryl/α,β-unsaturated/α-hetero) is 1. The second kappa shape index (κ2) is 7.65. The summed E-state index contributed by atoms with van der Waals surface area (Å²) in [6, 6.07) is 0. The molecule has 0 unspecified atom stereocenters. The van der Waals surface area contributed by atoms with Crippen LogP contribution in [-0.4, -0.2) is 48.6 Å². The lowest BCUT2D eigenvalue weighted by Gasteiger charge is -2.30. The fourth-order valence-corrected chi connectivity index (χ4v) is 2.12. The largest absolute Gasteiger partial charge is 0.366 e. The molecule has 1 aromatic rings. The first-order valence-electron chi connectivity index (χ1n) is 6.99. The number of aliphatic imine (C=N–C) groups is 1. The molecule has 1 fully saturated rings. The van der Waals surface area contributed by atoms with Crippen LogP contribution in [0.3, 0.4) is 0 Å². The molecule has 0 amide bonds. The normalized spacial score (nSPS) is 14.2. The molecule has 20 heavy (non-hydrogen) atoms. The van der Waals surface area contributed by atoms with Crippen LogP contribution in [-0.2, 0) is 0 Å². The SMILES string of the molecule is C=Nc1[nH]cc(C(=O)C(=C)N2CCNCC2)c1C.CC. The molecule has 0 aliphatic carbocycles. The van der Waals surface area contributed by atoms with Crippen LogP contribution in [0.4, 0.5) is 5.82 Å². The molecule has 0 radical (unpaired) electrons. The fourth-order valence-electron chi connectivity index (χ4n) is 2.12. The lowest BCUT2D eigenvalue weighted by atomic mass is 10.1. The summed E-state index contributed by atoms with van der Waals surface area (Å²) in [7, 11) is 0. The number of aromatic nitrogens is 1. The second-order valence-electron chi connectivity index (χ2n) is 4.35. The first kappa shape index (κ1) is 16.2. The predicted octanol–water partition coefficient (Wildman–Crippen LogP) is 2.28. The molecule has 1 aromatic heterocycles. The van der Waals surface area contributed by atoms with Crippen LogP contribution >= 0.6 is 0 Å². The molecule has 0 bridgehead atoms. The van der Waals surface area contributed by atoms with E-state index in [2.05, 4.69) is 28.6 Å². The van der Waals surface area contributed by atoms with Crippen molar-refractivity contribution in [3.05, 3.63) is 29.6 Å². The first-order chi connectivity index (χ1) is 9.65. The molecule has 0 aromatic carbocycles. The third-order valence-corrected chi connectivity index (χ3v) is 3.28. The molecule has 5 heteroatoms. The van der Waals surface area contributed by atoms with Gasteiger partial charge in [-0.15, -0.1) is 0 Å². The zero-order valence-corrected chi connectivity index (χ0v) is 12.6. The van der Waals surface area contributed by atoms with Crippen LogP contribution in [0.25, 0.3) is 0 Å². The Labute approximate surface area is 120 Å². The molecule has 0 spiro atoms. The summed E-state index contributed by atoms with van der Waals surface area (Å²) in [5.74, 6) is 0.604. The van der Waals surface area contributed by atoms with Crippen LogP contribution in [0.15, 0.2) is 23.5 Å². The van der Waals surface area contributed by atoms with Gasteiger partial charge in [0.15, 0.2) is 0 Å². The van der Waals surface area contributed by atoms with Crippen molar-refractivity contribution < 1.29 is 4.79 Å². The minimum atomic E-state index is -0.0412. The number of nitrogens with zero attached hydrogens (tertiary/aromatic N) is 2. The Bertz CT molecular complexity index is 484. The highest BCUT2D eigenvalue weighted by molar-refractivity contribution is 6.09. The molecule has 2 heterocycles. The lowest BCUT2D eigenvalue weighted by molar-refractivity contribution is 0.0986. The van der Waals surface area contributed by atoms with Crippen molar-refractivity contribution in [1.29, 1.82) is 0 Å². The minimum absolute atomic E-state index is 0.0412. The molecule has 0 saturated carbocycles. The number of carbonyl (C=O) groups is 1. The summed E-state index contributed by atoms with van der Waals surface area (Å²) < 4.78 is 0. The van der Waals surface area contributed by atoms with Gasteiger partial charge in [-0.2, -0.15) is 0 Å². The quantitative estimate of drug-likeness (QED) is 0.504. The predicted molar refractivity (Wildman–Crippen MR) is 84.0 cm³/mol. The molecule has 1 aliphatic heterocycles. The molecule has 110 valence electrons. The monoisotopic (exact) mass is 276 g/mol. The fraction of sp³-hybridized carbons (Fsp3) is 0.467. The average Bonchev–Trinajstić information content (AvgIpc) is 2.89. The number of hydrogen-bond donors (Lipinski definition) is 2. The molecule has 1 aliphatic rings. The highest BCUT2D eigenvalue weighted by Crippen LogP contribution is 2.23. The highest BCUT2D eigenvalue weighted by Gasteiger charge is 2.21. The Balaban J connectivity index is 0.000000956. The zero-order valence-electron chi connectivity index (χ0n) is 12.6. The van der Waals surface area contributed by atoms with Crippen molar-refractivity contribution in [2.45, 2.75) is 20.8 Å². The van der Waals surface area contributed by atoms with E-state index in [1.165, 1.54) is 0 Å². The summed E-state index contributed by atoms with van der Waals surface area (Å²) >= 11 is 0. The van der Waals surface area contributed by atoms with Crippen molar-refractivity contribution in [2.75, 3.05) is 26.2 Å². The van der Waals surface area contributed by atoms with Gasteiger partial charge in [0, 0.05) is 43.5 Å². The minimum Gasteiger partial charge on any atom is -0.366 e. The van der Waals surface area contributed by atoms with Crippen molar-refractivity contribution in [1.82, 2.24) is 15.2 Å². The Hall–Kier alpha value is -1.88. The summed E-state index contributed by atoms with van der Waals surface area (Å²) in [5, 5.41) is 3.25. The number of piperazine rings is 1. The van der Waals surface area contributed by atoms with E-state index in [1.807, 2.05) is 25.7 Å². The third-order valence-electron chi connectivity index (χ3n) is 3.28. The van der Waals surface area contributed by atoms with E-state index in [0.717, 1.165) is 31.7 Å². The Morgan fingerprint density at radius 3 is 2.45 bits per heavy atom. The third kappa shape index (κ3) is 3.36. The van der Waals surface area contributed by atoms with Crippen LogP contribution < -0.4 is 5.32 Å². The van der Waals surface area contributed by atoms with Crippen molar-refractivity contribution >= 4 is 18.3 Å². The van der Waals surface area contributed by atoms with Gasteiger partial charge in [0.2, 0.25) is 5.78 Å². The Kier molecular flexibility index (Phi) is 6.18. The van der Waals surface area contributed by atoms with Gasteiger partial charge in [0.05, 0.1) is 5.70 Å². The summed E-state index contributed by atoms with van der Waals surface area (Å²) in [4.78, 5) is 21.1. The number of rotatable bonds is 4. The number of nitrogens with one attached hydrogen (secondary N) is 2. The topological polar surface area (TPSA) is 60.5 Å². The Morgan fingerprint density at radius 2 is 1.95 bits per heavy atom. The van der Waals surface area contributed by atoms with E-state index in [-0.39, 0.29) is 5.78 Å². The maximum absolute atomic E-state index is 12.4. The smallest absolute Gasteiger partial charge is 0.210 e. The number of ketones is 1. The molecule has 0 atom stereocenters. The van der Waals surface area contributed by atoms with Crippen molar-refractivity contribution in [3.63, 3.8) is 0 Å². The van der Waals surface area contributed by atoms with Gasteiger partial charge in [-0.25, -0.2) is 4.99 Å². The van der Waals surface area contributed by atoms with Crippen LogP contribution in [0, 0.1) is 6.92 Å². The lowest BCUT2D eigenvalue weighted by Crippen LogP contribution is -2.44. The van der Waals surface area contributed by atoms with E-state index >= 15 is 0 Å². The van der Waals surface area contributed by atoms with Gasteiger partial charge in [0.1, 0.15) is 5.82 Å². The molecular formula is C15H24N4O. The summed E-state index contributed by atoms with van der Waals surface area (Å²) in [6.07, 6.45) is 1.68. The van der Waals surface area contributed by atoms with Crippen LogP contribution in [0.2, 0.25) is 0 Å². The molecular weight excluding hydrogens is 252 g/mol. The average molecular weight is 276 g/mol. The first-order valence-corrected chi connectivity index (χ1v) is 6.99. The van der Waals surface area contributed by atoms with Crippen LogP contribution in [0.5, 0.6) is 0 Å². The Morgan fingerprint density at radius 1 is 1.35 bits per heavy atom. The second-order valence-corrected chi connectivity index (χ2v) is 4.35. The van der Waals surface area contributed by atoms with Gasteiger partial charge >= 0.3 is 0 Å². The summed E-state index contributed by atoms with van der Waals surface area (Å²) in [5.41, 5.74) is 2.00. The van der Waals surface area contributed by atoms with Crippen molar-refractivity contribution in [2.24, 2.45) is 4.99 Å². The number of allylic oxidation sites excluding steroid dienone is 1. The van der Waals surface area contributed by atoms with E-state index in [4.69, 9.17) is 0 Å². The molecule has 1 saturated heterocycles. The molecule has 5 nitrogen and oxygen atoms in total. The van der Waals surface area contributed by atoms with Gasteiger partial charge in [-0.3, -0.25) is 4.79 Å².